The Morgan fingerprint density at radius 3 is 2.52 bits per heavy atom. The second kappa shape index (κ2) is 9.14. The highest BCUT2D eigenvalue weighted by Gasteiger charge is 2.15. The molecule has 0 aliphatic heterocycles. The molecule has 0 unspecified atom stereocenters. The number of fused-ring (bicyclic) bond motifs is 1. The Labute approximate surface area is 182 Å². The summed E-state index contributed by atoms with van der Waals surface area (Å²) in [6, 6.07) is 20.3. The zero-order valence-corrected chi connectivity index (χ0v) is 17.7. The number of carbonyl (C=O) groups is 1. The van der Waals surface area contributed by atoms with Crippen LogP contribution in [-0.4, -0.2) is 21.2 Å². The maximum Gasteiger partial charge on any atom is 0.266 e. The fourth-order valence-electron chi connectivity index (χ4n) is 3.29. The van der Waals surface area contributed by atoms with Gasteiger partial charge in [-0.3, -0.25) is 14.2 Å². The molecular weight excluding hydrogens is 413 g/mol. The van der Waals surface area contributed by atoms with Crippen molar-refractivity contribution in [3.8, 4) is 5.69 Å². The van der Waals surface area contributed by atoms with Crippen molar-refractivity contribution in [3.05, 3.63) is 94.5 Å². The zero-order chi connectivity index (χ0) is 21.8. The van der Waals surface area contributed by atoms with E-state index in [1.165, 1.54) is 28.8 Å². The maximum atomic E-state index is 13.4. The molecule has 31 heavy (non-hydrogen) atoms. The van der Waals surface area contributed by atoms with E-state index in [1.807, 2.05) is 31.2 Å². The van der Waals surface area contributed by atoms with Crippen LogP contribution < -0.4 is 10.9 Å². The van der Waals surface area contributed by atoms with E-state index >= 15 is 0 Å². The molecule has 0 saturated carbocycles. The molecule has 1 amide bonds. The number of aromatic nitrogens is 2. The number of thioether (sulfide) groups is 1. The molecule has 0 aliphatic rings. The predicted molar refractivity (Wildman–Crippen MR) is 122 cm³/mol. The average Bonchev–Trinajstić information content (AvgIpc) is 2.79. The Balaban J connectivity index is 1.66. The summed E-state index contributed by atoms with van der Waals surface area (Å²) in [5, 5.41) is 3.75. The molecule has 0 atom stereocenters. The summed E-state index contributed by atoms with van der Waals surface area (Å²) in [5.41, 5.74) is 2.59. The highest BCUT2D eigenvalue weighted by Crippen LogP contribution is 2.22. The van der Waals surface area contributed by atoms with Crippen molar-refractivity contribution in [2.24, 2.45) is 0 Å². The van der Waals surface area contributed by atoms with Crippen LogP contribution in [0, 0.1) is 5.82 Å². The van der Waals surface area contributed by atoms with Crippen molar-refractivity contribution in [1.82, 2.24) is 9.55 Å². The smallest absolute Gasteiger partial charge is 0.266 e. The number of amides is 1. The number of hydrogen-bond donors (Lipinski definition) is 1. The molecule has 1 heterocycles. The van der Waals surface area contributed by atoms with E-state index in [0.29, 0.717) is 21.7 Å². The van der Waals surface area contributed by atoms with Gasteiger partial charge in [-0.25, -0.2) is 9.37 Å². The summed E-state index contributed by atoms with van der Waals surface area (Å²) in [7, 11) is 0. The summed E-state index contributed by atoms with van der Waals surface area (Å²) in [6.07, 6.45) is 0.805. The maximum absolute atomic E-state index is 13.4. The van der Waals surface area contributed by atoms with Crippen molar-refractivity contribution in [2.45, 2.75) is 18.5 Å². The summed E-state index contributed by atoms with van der Waals surface area (Å²) in [6.45, 7) is 2.03. The van der Waals surface area contributed by atoms with Crippen molar-refractivity contribution < 1.29 is 9.18 Å². The SMILES string of the molecule is CCc1ccccc1NC(=O)CSc1nc2ccccc2c(=O)n1-c1ccc(F)cc1. The van der Waals surface area contributed by atoms with E-state index < -0.39 is 5.82 Å². The second-order valence-electron chi connectivity index (χ2n) is 6.88. The zero-order valence-electron chi connectivity index (χ0n) is 16.8. The molecule has 0 fully saturated rings. The van der Waals surface area contributed by atoms with Gasteiger partial charge in [0.15, 0.2) is 5.16 Å². The first-order valence-corrected chi connectivity index (χ1v) is 10.8. The van der Waals surface area contributed by atoms with Crippen molar-refractivity contribution >= 4 is 34.3 Å². The summed E-state index contributed by atoms with van der Waals surface area (Å²) < 4.78 is 14.8. The fourth-order valence-corrected chi connectivity index (χ4v) is 4.11. The Morgan fingerprint density at radius 2 is 1.74 bits per heavy atom. The summed E-state index contributed by atoms with van der Waals surface area (Å²) in [5.74, 6) is -0.517. The number of benzene rings is 3. The van der Waals surface area contributed by atoms with E-state index in [0.717, 1.165) is 29.4 Å². The molecule has 3 aromatic carbocycles. The van der Waals surface area contributed by atoms with Crippen LogP contribution in [0.1, 0.15) is 12.5 Å². The van der Waals surface area contributed by atoms with Crippen LogP contribution in [-0.2, 0) is 11.2 Å². The number of para-hydroxylation sites is 2. The monoisotopic (exact) mass is 433 g/mol. The van der Waals surface area contributed by atoms with Crippen LogP contribution in [0.2, 0.25) is 0 Å². The Morgan fingerprint density at radius 1 is 1.03 bits per heavy atom. The van der Waals surface area contributed by atoms with Crippen LogP contribution in [0.3, 0.4) is 0 Å². The minimum absolute atomic E-state index is 0.0734. The van der Waals surface area contributed by atoms with Gasteiger partial charge < -0.3 is 5.32 Å². The van der Waals surface area contributed by atoms with Gasteiger partial charge in [0.05, 0.1) is 22.3 Å². The van der Waals surface area contributed by atoms with Gasteiger partial charge in [0, 0.05) is 5.69 Å². The third-order valence-electron chi connectivity index (χ3n) is 4.83. The second-order valence-corrected chi connectivity index (χ2v) is 7.82. The lowest BCUT2D eigenvalue weighted by Crippen LogP contribution is -2.23. The number of carbonyl (C=O) groups excluding carboxylic acids is 1. The van der Waals surface area contributed by atoms with Crippen LogP contribution in [0.25, 0.3) is 16.6 Å². The lowest BCUT2D eigenvalue weighted by molar-refractivity contribution is -0.113. The standard InChI is InChI=1S/C24H20FN3O2S/c1-2-16-7-3-5-9-20(16)26-22(29)15-31-24-27-21-10-6-4-8-19(21)23(30)28(24)18-13-11-17(25)12-14-18/h3-14H,2,15H2,1H3,(H,26,29). The molecule has 0 bridgehead atoms. The fraction of sp³-hybridized carbons (Fsp3) is 0.125. The number of nitrogens with zero attached hydrogens (tertiary/aromatic N) is 2. The molecule has 1 aromatic heterocycles. The highest BCUT2D eigenvalue weighted by molar-refractivity contribution is 7.99. The minimum atomic E-state index is -0.395. The Hall–Kier alpha value is -3.45. The van der Waals surface area contributed by atoms with Gasteiger partial charge in [0.2, 0.25) is 5.91 Å². The number of aryl methyl sites for hydroxylation is 1. The van der Waals surface area contributed by atoms with Crippen LogP contribution >= 0.6 is 11.8 Å². The average molecular weight is 434 g/mol. The first-order valence-electron chi connectivity index (χ1n) is 9.85. The van der Waals surface area contributed by atoms with E-state index in [9.17, 15) is 14.0 Å². The van der Waals surface area contributed by atoms with Crippen molar-refractivity contribution in [3.63, 3.8) is 0 Å². The number of rotatable bonds is 6. The highest BCUT2D eigenvalue weighted by atomic mass is 32.2. The molecule has 4 rings (SSSR count). The molecular formula is C24H20FN3O2S. The van der Waals surface area contributed by atoms with Gasteiger partial charge in [0.1, 0.15) is 5.82 Å². The van der Waals surface area contributed by atoms with Crippen LogP contribution in [0.15, 0.2) is 82.7 Å². The van der Waals surface area contributed by atoms with E-state index in [1.54, 1.807) is 24.3 Å². The largest absolute Gasteiger partial charge is 0.325 e. The molecule has 0 spiro atoms. The van der Waals surface area contributed by atoms with Crippen molar-refractivity contribution in [1.29, 1.82) is 0 Å². The van der Waals surface area contributed by atoms with Gasteiger partial charge in [-0.1, -0.05) is 49.0 Å². The van der Waals surface area contributed by atoms with E-state index in [4.69, 9.17) is 0 Å². The van der Waals surface area contributed by atoms with Gasteiger partial charge in [-0.05, 0) is 54.4 Å². The molecule has 4 aromatic rings. The normalized spacial score (nSPS) is 10.9. The van der Waals surface area contributed by atoms with Gasteiger partial charge in [-0.2, -0.15) is 0 Å². The predicted octanol–water partition coefficient (Wildman–Crippen LogP) is 4.82. The first kappa shape index (κ1) is 20.8. The Bertz CT molecular complexity index is 1300. The molecule has 0 aliphatic carbocycles. The number of hydrogen-bond acceptors (Lipinski definition) is 4. The van der Waals surface area contributed by atoms with E-state index in [-0.39, 0.29) is 17.2 Å². The number of nitrogens with one attached hydrogen (secondary N) is 1. The quantitative estimate of drug-likeness (QED) is 0.350. The third kappa shape index (κ3) is 4.51. The molecule has 5 nitrogen and oxygen atoms in total. The lowest BCUT2D eigenvalue weighted by atomic mass is 10.1. The minimum Gasteiger partial charge on any atom is -0.325 e. The molecule has 0 saturated heterocycles. The number of anilines is 1. The summed E-state index contributed by atoms with van der Waals surface area (Å²) >= 11 is 1.16. The van der Waals surface area contributed by atoms with Gasteiger partial charge >= 0.3 is 0 Å². The topological polar surface area (TPSA) is 64.0 Å². The third-order valence-corrected chi connectivity index (χ3v) is 5.77. The summed E-state index contributed by atoms with van der Waals surface area (Å²) in [4.78, 5) is 30.4. The molecule has 1 N–H and O–H groups in total. The van der Waals surface area contributed by atoms with Crippen molar-refractivity contribution in [2.75, 3.05) is 11.1 Å². The first-order chi connectivity index (χ1) is 15.1. The number of halogens is 1. The molecule has 7 heteroatoms. The molecule has 0 radical (unpaired) electrons. The Kier molecular flexibility index (Phi) is 6.13. The van der Waals surface area contributed by atoms with Crippen LogP contribution in [0.5, 0.6) is 0 Å². The molecule has 156 valence electrons. The van der Waals surface area contributed by atoms with E-state index in [2.05, 4.69) is 10.3 Å². The van der Waals surface area contributed by atoms with Gasteiger partial charge in [-0.15, -0.1) is 0 Å². The van der Waals surface area contributed by atoms with Gasteiger partial charge in [0.25, 0.3) is 5.56 Å². The lowest BCUT2D eigenvalue weighted by Gasteiger charge is -2.14. The van der Waals surface area contributed by atoms with Crippen LogP contribution in [0.4, 0.5) is 10.1 Å².